The van der Waals surface area contributed by atoms with E-state index in [0.29, 0.717) is 21.4 Å². The third-order valence-electron chi connectivity index (χ3n) is 2.91. The highest BCUT2D eigenvalue weighted by Gasteiger charge is 2.48. The molecule has 0 atom stereocenters. The molecule has 0 amide bonds. The molecule has 0 aliphatic rings. The number of rotatable bonds is 2. The minimum atomic E-state index is -5.77. The highest BCUT2D eigenvalue weighted by Crippen LogP contribution is 2.37. The lowest BCUT2D eigenvalue weighted by atomic mass is 10.1. The fourth-order valence-corrected chi connectivity index (χ4v) is 2.60. The fourth-order valence-electron chi connectivity index (χ4n) is 1.98. The van der Waals surface area contributed by atoms with Crippen LogP contribution in [0.25, 0.3) is 21.9 Å². The molecular weight excluding hydrogens is 345 g/mol. The van der Waals surface area contributed by atoms with Gasteiger partial charge in [0.2, 0.25) is 0 Å². The predicted octanol–water partition coefficient (Wildman–Crippen LogP) is 4.47. The van der Waals surface area contributed by atoms with Crippen molar-refractivity contribution in [1.29, 1.82) is 0 Å². The first-order valence-electron chi connectivity index (χ1n) is 5.80. The molecule has 0 N–H and O–H groups in total. The molecule has 116 valence electrons. The predicted molar refractivity (Wildman–Crippen MR) is 74.3 cm³/mol. The Kier molecular flexibility index (Phi) is 3.26. The van der Waals surface area contributed by atoms with Crippen molar-refractivity contribution in [2.75, 3.05) is 0 Å². The summed E-state index contributed by atoms with van der Waals surface area (Å²) in [6.07, 6.45) is 0. The van der Waals surface area contributed by atoms with Gasteiger partial charge in [-0.25, -0.2) is 0 Å². The molecule has 0 aliphatic carbocycles. The van der Waals surface area contributed by atoms with Gasteiger partial charge in [0, 0.05) is 21.9 Å². The number of furan rings is 1. The van der Waals surface area contributed by atoms with Gasteiger partial charge in [0.15, 0.2) is 11.3 Å². The average molecular weight is 351 g/mol. The highest BCUT2D eigenvalue weighted by atomic mass is 35.5. The van der Waals surface area contributed by atoms with Crippen LogP contribution in [0.3, 0.4) is 0 Å². The van der Waals surface area contributed by atoms with Crippen molar-refractivity contribution < 1.29 is 30.2 Å². The van der Waals surface area contributed by atoms with E-state index in [0.717, 1.165) is 6.07 Å². The molecule has 2 aromatic carbocycles. The van der Waals surface area contributed by atoms with Gasteiger partial charge < -0.3 is 8.60 Å². The van der Waals surface area contributed by atoms with Gasteiger partial charge in [-0.2, -0.15) is 21.6 Å². The molecule has 0 fully saturated rings. The van der Waals surface area contributed by atoms with Gasteiger partial charge in [-0.3, -0.25) is 0 Å². The standard InChI is InChI=1S/C13H6ClF3O4S/c14-7-4-5-8-9-2-1-3-10(12(9)20-11(8)6-7)21-22(18,19)13(15,16)17/h1-6H. The third-order valence-corrected chi connectivity index (χ3v) is 4.11. The van der Waals surface area contributed by atoms with E-state index in [2.05, 4.69) is 4.18 Å². The van der Waals surface area contributed by atoms with Crippen molar-refractivity contribution in [3.05, 3.63) is 41.4 Å². The summed E-state index contributed by atoms with van der Waals surface area (Å²) < 4.78 is 69.0. The zero-order chi connectivity index (χ0) is 16.1. The zero-order valence-corrected chi connectivity index (χ0v) is 12.1. The molecule has 3 rings (SSSR count). The summed E-state index contributed by atoms with van der Waals surface area (Å²) in [7, 11) is -5.77. The second-order valence-electron chi connectivity index (χ2n) is 4.36. The van der Waals surface area contributed by atoms with Crippen molar-refractivity contribution >= 4 is 43.7 Å². The minimum Gasteiger partial charge on any atom is -0.452 e. The van der Waals surface area contributed by atoms with E-state index in [1.165, 1.54) is 12.1 Å². The maximum Gasteiger partial charge on any atom is 0.534 e. The van der Waals surface area contributed by atoms with Gasteiger partial charge in [0.05, 0.1) is 0 Å². The zero-order valence-electron chi connectivity index (χ0n) is 10.5. The van der Waals surface area contributed by atoms with Crippen LogP contribution >= 0.6 is 11.6 Å². The van der Waals surface area contributed by atoms with Crippen LogP contribution in [0.2, 0.25) is 5.02 Å². The molecular formula is C13H6ClF3O4S. The number of para-hydroxylation sites is 1. The third kappa shape index (κ3) is 2.38. The SMILES string of the molecule is O=S(=O)(Oc1cccc2c1oc1cc(Cl)ccc12)C(F)(F)F. The molecule has 4 nitrogen and oxygen atoms in total. The van der Waals surface area contributed by atoms with Crippen LogP contribution in [0.4, 0.5) is 13.2 Å². The number of alkyl halides is 3. The number of hydrogen-bond acceptors (Lipinski definition) is 4. The van der Waals surface area contributed by atoms with Gasteiger partial charge in [-0.05, 0) is 18.2 Å². The van der Waals surface area contributed by atoms with Gasteiger partial charge in [-0.15, -0.1) is 0 Å². The van der Waals surface area contributed by atoms with Gasteiger partial charge in [0.25, 0.3) is 0 Å². The summed E-state index contributed by atoms with van der Waals surface area (Å²) in [6, 6.07) is 8.69. The summed E-state index contributed by atoms with van der Waals surface area (Å²) >= 11 is 5.82. The van der Waals surface area contributed by atoms with E-state index in [1.807, 2.05) is 0 Å². The van der Waals surface area contributed by atoms with Crippen LogP contribution in [0.15, 0.2) is 40.8 Å². The average Bonchev–Trinajstić information content (AvgIpc) is 2.75. The molecule has 1 aromatic heterocycles. The molecule has 0 unspecified atom stereocenters. The van der Waals surface area contributed by atoms with Crippen LogP contribution in [0.1, 0.15) is 0 Å². The number of hydrogen-bond donors (Lipinski definition) is 0. The van der Waals surface area contributed by atoms with E-state index >= 15 is 0 Å². The van der Waals surface area contributed by atoms with Gasteiger partial charge in [-0.1, -0.05) is 23.7 Å². The lowest BCUT2D eigenvalue weighted by Gasteiger charge is -2.09. The Morgan fingerprint density at radius 3 is 2.50 bits per heavy atom. The molecule has 0 aliphatic heterocycles. The van der Waals surface area contributed by atoms with Crippen molar-refractivity contribution in [2.45, 2.75) is 5.51 Å². The Morgan fingerprint density at radius 1 is 1.09 bits per heavy atom. The molecule has 1 heterocycles. The molecule has 0 saturated heterocycles. The first-order valence-corrected chi connectivity index (χ1v) is 7.59. The lowest BCUT2D eigenvalue weighted by molar-refractivity contribution is -0.0499. The molecule has 0 saturated carbocycles. The molecule has 3 aromatic rings. The van der Waals surface area contributed by atoms with Gasteiger partial charge in [0.1, 0.15) is 5.58 Å². The normalized spacial score (nSPS) is 12.9. The first-order chi connectivity index (χ1) is 10.2. The summed E-state index contributed by atoms with van der Waals surface area (Å²) in [5.74, 6) is -0.540. The van der Waals surface area contributed by atoms with Crippen LogP contribution in [-0.2, 0) is 10.1 Å². The van der Waals surface area contributed by atoms with Crippen LogP contribution in [0, 0.1) is 0 Å². The topological polar surface area (TPSA) is 56.5 Å². The Bertz CT molecular complexity index is 976. The Hall–Kier alpha value is -1.93. The van der Waals surface area contributed by atoms with E-state index in [1.54, 1.807) is 18.2 Å². The number of benzene rings is 2. The largest absolute Gasteiger partial charge is 0.534 e. The summed E-state index contributed by atoms with van der Waals surface area (Å²) in [5.41, 5.74) is -5.32. The van der Waals surface area contributed by atoms with Crippen molar-refractivity contribution in [3.63, 3.8) is 0 Å². The first kappa shape index (κ1) is 15.0. The van der Waals surface area contributed by atoms with Crippen molar-refractivity contribution in [1.82, 2.24) is 0 Å². The Morgan fingerprint density at radius 2 is 1.82 bits per heavy atom. The van der Waals surface area contributed by atoms with E-state index in [-0.39, 0.29) is 5.58 Å². The molecule has 0 bridgehead atoms. The van der Waals surface area contributed by atoms with Crippen molar-refractivity contribution in [3.8, 4) is 5.75 Å². The molecule has 0 radical (unpaired) electrons. The smallest absolute Gasteiger partial charge is 0.452 e. The highest BCUT2D eigenvalue weighted by molar-refractivity contribution is 7.88. The van der Waals surface area contributed by atoms with E-state index in [9.17, 15) is 21.6 Å². The summed E-state index contributed by atoms with van der Waals surface area (Å²) in [4.78, 5) is 0. The summed E-state index contributed by atoms with van der Waals surface area (Å²) in [5, 5.41) is 1.37. The fraction of sp³-hybridized carbons (Fsp3) is 0.0769. The van der Waals surface area contributed by atoms with Crippen LogP contribution < -0.4 is 4.18 Å². The maximum absolute atomic E-state index is 12.4. The quantitative estimate of drug-likeness (QED) is 0.505. The number of halogens is 4. The minimum absolute atomic E-state index is 0.104. The molecule has 0 spiro atoms. The number of fused-ring (bicyclic) bond motifs is 3. The molecule has 22 heavy (non-hydrogen) atoms. The van der Waals surface area contributed by atoms with E-state index in [4.69, 9.17) is 16.0 Å². The van der Waals surface area contributed by atoms with E-state index < -0.39 is 21.4 Å². The monoisotopic (exact) mass is 350 g/mol. The van der Waals surface area contributed by atoms with Crippen molar-refractivity contribution in [2.24, 2.45) is 0 Å². The summed E-state index contributed by atoms with van der Waals surface area (Å²) in [6.45, 7) is 0. The Balaban J connectivity index is 2.22. The van der Waals surface area contributed by atoms with Crippen LogP contribution in [-0.4, -0.2) is 13.9 Å². The maximum atomic E-state index is 12.4. The van der Waals surface area contributed by atoms with Crippen LogP contribution in [0.5, 0.6) is 5.75 Å². The molecule has 9 heteroatoms. The second-order valence-corrected chi connectivity index (χ2v) is 6.33. The van der Waals surface area contributed by atoms with Gasteiger partial charge >= 0.3 is 15.6 Å². The Labute approximate surface area is 127 Å². The lowest BCUT2D eigenvalue weighted by Crippen LogP contribution is -2.28. The second kappa shape index (κ2) is 4.79.